The predicted molar refractivity (Wildman–Crippen MR) is 102 cm³/mol. The lowest BCUT2D eigenvalue weighted by Gasteiger charge is -2.02. The highest BCUT2D eigenvalue weighted by molar-refractivity contribution is 6.03. The van der Waals surface area contributed by atoms with Crippen molar-refractivity contribution in [3.63, 3.8) is 0 Å². The number of imidazole rings is 1. The van der Waals surface area contributed by atoms with Crippen LogP contribution in [0, 0.1) is 0 Å². The summed E-state index contributed by atoms with van der Waals surface area (Å²) in [5, 5.41) is 2.71. The Morgan fingerprint density at radius 1 is 1.11 bits per heavy atom. The summed E-state index contributed by atoms with van der Waals surface area (Å²) >= 11 is 0. The minimum absolute atomic E-state index is 0.126. The Labute approximate surface area is 156 Å². The molecule has 0 saturated carbocycles. The number of carbonyl (C=O) groups is 2. The van der Waals surface area contributed by atoms with Gasteiger partial charge in [-0.1, -0.05) is 12.1 Å². The summed E-state index contributed by atoms with van der Waals surface area (Å²) in [6.45, 7) is 1.97. The fourth-order valence-corrected chi connectivity index (χ4v) is 2.72. The largest absolute Gasteiger partial charge is 0.460 e. The van der Waals surface area contributed by atoms with E-state index < -0.39 is 5.97 Å². The summed E-state index contributed by atoms with van der Waals surface area (Å²) < 4.78 is 8.19. The molecule has 3 N–H and O–H groups in total. The maximum atomic E-state index is 12.6. The summed E-state index contributed by atoms with van der Waals surface area (Å²) in [6.07, 6.45) is 3.43. The maximum absolute atomic E-state index is 12.6. The van der Waals surface area contributed by atoms with Crippen LogP contribution in [0.25, 0.3) is 11.1 Å². The number of aryl methyl sites for hydroxylation is 2. The first-order valence-corrected chi connectivity index (χ1v) is 8.43. The van der Waals surface area contributed by atoms with Gasteiger partial charge < -0.3 is 24.9 Å². The highest BCUT2D eigenvalue weighted by atomic mass is 16.5. The van der Waals surface area contributed by atoms with E-state index in [0.717, 1.165) is 11.1 Å². The topological polar surface area (TPSA) is 104 Å². The SMILES string of the molecule is CCOC(=O)c1nc(NC(=O)c2cc(-c3ccc(N)cc3)cn2C)cn1C. The van der Waals surface area contributed by atoms with E-state index in [1.54, 1.807) is 37.8 Å². The number of nitrogens with zero attached hydrogens (tertiary/aromatic N) is 3. The van der Waals surface area contributed by atoms with E-state index in [1.807, 2.05) is 30.5 Å². The molecule has 2 heterocycles. The summed E-state index contributed by atoms with van der Waals surface area (Å²) in [4.78, 5) is 28.6. The fourth-order valence-electron chi connectivity index (χ4n) is 2.72. The minimum Gasteiger partial charge on any atom is -0.460 e. The molecule has 1 amide bonds. The number of esters is 1. The van der Waals surface area contributed by atoms with Crippen molar-refractivity contribution in [1.82, 2.24) is 14.1 Å². The van der Waals surface area contributed by atoms with Crippen LogP contribution in [0.5, 0.6) is 0 Å². The molecule has 0 unspecified atom stereocenters. The number of amides is 1. The first-order valence-electron chi connectivity index (χ1n) is 8.43. The van der Waals surface area contributed by atoms with Crippen LogP contribution < -0.4 is 11.1 Å². The number of nitrogens with two attached hydrogens (primary N) is 1. The fraction of sp³-hybridized carbons (Fsp3) is 0.211. The van der Waals surface area contributed by atoms with Crippen LogP contribution >= 0.6 is 0 Å². The second kappa shape index (κ2) is 7.36. The van der Waals surface area contributed by atoms with Crippen LogP contribution in [0.2, 0.25) is 0 Å². The van der Waals surface area contributed by atoms with Crippen molar-refractivity contribution >= 4 is 23.4 Å². The third-order valence-electron chi connectivity index (χ3n) is 4.06. The van der Waals surface area contributed by atoms with Gasteiger partial charge in [0.1, 0.15) is 5.69 Å². The number of hydrogen-bond donors (Lipinski definition) is 2. The van der Waals surface area contributed by atoms with E-state index in [-0.39, 0.29) is 24.2 Å². The van der Waals surface area contributed by atoms with Crippen LogP contribution in [0.1, 0.15) is 28.0 Å². The molecule has 0 aliphatic carbocycles. The van der Waals surface area contributed by atoms with Crippen molar-refractivity contribution in [2.24, 2.45) is 14.1 Å². The molecule has 0 fully saturated rings. The second-order valence-electron chi connectivity index (χ2n) is 6.08. The van der Waals surface area contributed by atoms with Gasteiger partial charge in [-0.05, 0) is 30.7 Å². The molecule has 140 valence electrons. The van der Waals surface area contributed by atoms with Gasteiger partial charge in [-0.15, -0.1) is 0 Å². The van der Waals surface area contributed by atoms with E-state index in [1.165, 1.54) is 4.57 Å². The van der Waals surface area contributed by atoms with Gasteiger partial charge in [-0.2, -0.15) is 0 Å². The van der Waals surface area contributed by atoms with Crippen molar-refractivity contribution < 1.29 is 14.3 Å². The minimum atomic E-state index is -0.537. The molecule has 3 rings (SSSR count). The molecule has 3 aromatic rings. The number of aromatic nitrogens is 3. The first-order chi connectivity index (χ1) is 12.9. The van der Waals surface area contributed by atoms with Gasteiger partial charge >= 0.3 is 5.97 Å². The molecule has 0 bridgehead atoms. The molecule has 8 nitrogen and oxygen atoms in total. The number of hydrogen-bond acceptors (Lipinski definition) is 5. The van der Waals surface area contributed by atoms with Crippen LogP contribution in [0.3, 0.4) is 0 Å². The highest BCUT2D eigenvalue weighted by Gasteiger charge is 2.18. The van der Waals surface area contributed by atoms with E-state index in [0.29, 0.717) is 11.4 Å². The molecule has 2 aromatic heterocycles. The smallest absolute Gasteiger partial charge is 0.374 e. The molecule has 0 saturated heterocycles. The van der Waals surface area contributed by atoms with Gasteiger partial charge in [-0.25, -0.2) is 9.78 Å². The normalized spacial score (nSPS) is 10.6. The van der Waals surface area contributed by atoms with Gasteiger partial charge in [0, 0.05) is 37.7 Å². The van der Waals surface area contributed by atoms with Gasteiger partial charge in [0.25, 0.3) is 5.91 Å². The molecule has 8 heteroatoms. The number of rotatable bonds is 5. The van der Waals surface area contributed by atoms with E-state index in [2.05, 4.69) is 10.3 Å². The van der Waals surface area contributed by atoms with Crippen LogP contribution in [-0.4, -0.2) is 32.6 Å². The van der Waals surface area contributed by atoms with E-state index in [9.17, 15) is 9.59 Å². The Bertz CT molecular complexity index is 985. The average molecular weight is 367 g/mol. The number of ether oxygens (including phenoxy) is 1. The van der Waals surface area contributed by atoms with Crippen molar-refractivity contribution in [2.75, 3.05) is 17.7 Å². The summed E-state index contributed by atoms with van der Waals surface area (Å²) in [5.74, 6) is -0.458. The molecule has 1 aromatic carbocycles. The number of anilines is 2. The Morgan fingerprint density at radius 3 is 2.48 bits per heavy atom. The van der Waals surface area contributed by atoms with Gasteiger partial charge in [0.2, 0.25) is 5.82 Å². The average Bonchev–Trinajstić information content (AvgIpc) is 3.18. The van der Waals surface area contributed by atoms with E-state index >= 15 is 0 Å². The molecule has 0 spiro atoms. The molecule has 0 aliphatic heterocycles. The Morgan fingerprint density at radius 2 is 1.81 bits per heavy atom. The standard InChI is InChI=1S/C19H21N5O3/c1-4-27-19(26)17-21-16(11-24(17)3)22-18(25)15-9-13(10-23(15)2)12-5-7-14(20)8-6-12/h5-11H,4,20H2,1-3H3,(H,22,25). The third kappa shape index (κ3) is 3.84. The number of nitrogens with one attached hydrogen (secondary N) is 1. The number of nitrogen functional groups attached to an aromatic ring is 1. The molecular weight excluding hydrogens is 346 g/mol. The predicted octanol–water partition coefficient (Wildman–Crippen LogP) is 2.44. The molecule has 0 atom stereocenters. The van der Waals surface area contributed by atoms with Crippen molar-refractivity contribution in [1.29, 1.82) is 0 Å². The van der Waals surface area contributed by atoms with Gasteiger partial charge in [0.15, 0.2) is 5.82 Å². The van der Waals surface area contributed by atoms with Gasteiger partial charge in [0.05, 0.1) is 6.61 Å². The van der Waals surface area contributed by atoms with E-state index in [4.69, 9.17) is 10.5 Å². The Balaban J connectivity index is 1.80. The lowest BCUT2D eigenvalue weighted by Crippen LogP contribution is -2.15. The molecular formula is C19H21N5O3. The number of benzene rings is 1. The zero-order chi connectivity index (χ0) is 19.6. The summed E-state index contributed by atoms with van der Waals surface area (Å²) in [5.41, 5.74) is 8.72. The van der Waals surface area contributed by atoms with Crippen LogP contribution in [0.15, 0.2) is 42.7 Å². The van der Waals surface area contributed by atoms with Crippen molar-refractivity contribution in [3.8, 4) is 11.1 Å². The third-order valence-corrected chi connectivity index (χ3v) is 4.06. The van der Waals surface area contributed by atoms with Crippen LogP contribution in [0.4, 0.5) is 11.5 Å². The second-order valence-corrected chi connectivity index (χ2v) is 6.08. The zero-order valence-corrected chi connectivity index (χ0v) is 15.4. The lowest BCUT2D eigenvalue weighted by molar-refractivity contribution is 0.0508. The first kappa shape index (κ1) is 18.2. The summed E-state index contributed by atoms with van der Waals surface area (Å²) in [6, 6.07) is 9.21. The quantitative estimate of drug-likeness (QED) is 0.532. The zero-order valence-electron chi connectivity index (χ0n) is 15.4. The number of carbonyl (C=O) groups excluding carboxylic acids is 2. The van der Waals surface area contributed by atoms with Gasteiger partial charge in [-0.3, -0.25) is 4.79 Å². The van der Waals surface area contributed by atoms with Crippen molar-refractivity contribution in [2.45, 2.75) is 6.92 Å². The molecule has 27 heavy (non-hydrogen) atoms. The van der Waals surface area contributed by atoms with Crippen molar-refractivity contribution in [3.05, 3.63) is 54.2 Å². The Hall–Kier alpha value is -3.55. The highest BCUT2D eigenvalue weighted by Crippen LogP contribution is 2.23. The summed E-state index contributed by atoms with van der Waals surface area (Å²) in [7, 11) is 3.45. The lowest BCUT2D eigenvalue weighted by atomic mass is 10.1. The molecule has 0 aliphatic rings. The Kier molecular flexibility index (Phi) is 4.98. The monoisotopic (exact) mass is 367 g/mol. The maximum Gasteiger partial charge on any atom is 0.374 e. The van der Waals surface area contributed by atoms with Crippen LogP contribution in [-0.2, 0) is 18.8 Å². The molecule has 0 radical (unpaired) electrons.